The van der Waals surface area contributed by atoms with Gasteiger partial charge in [-0.3, -0.25) is 9.69 Å². The van der Waals surface area contributed by atoms with Crippen molar-refractivity contribution in [3.63, 3.8) is 0 Å². The van der Waals surface area contributed by atoms with Crippen molar-refractivity contribution in [3.05, 3.63) is 100 Å². The van der Waals surface area contributed by atoms with E-state index in [1.807, 2.05) is 29.7 Å². The van der Waals surface area contributed by atoms with E-state index in [0.29, 0.717) is 24.3 Å². The maximum Gasteiger partial charge on any atom is 0.416 e. The van der Waals surface area contributed by atoms with Crippen molar-refractivity contribution in [2.45, 2.75) is 64.8 Å². The normalized spacial score (nSPS) is 14.4. The third-order valence-corrected chi connectivity index (χ3v) is 8.03. The zero-order chi connectivity index (χ0) is 30.6. The van der Waals surface area contributed by atoms with Gasteiger partial charge in [0.15, 0.2) is 11.6 Å². The lowest BCUT2D eigenvalue weighted by Gasteiger charge is -2.27. The highest BCUT2D eigenvalue weighted by molar-refractivity contribution is 5.94. The Balaban J connectivity index is 1.55. The first-order valence-electron chi connectivity index (χ1n) is 14.7. The number of hydrogen-bond acceptors (Lipinski definition) is 3. The minimum absolute atomic E-state index is 0.0842. The molecule has 0 atom stereocenters. The number of carbonyl (C=O) groups is 1. The molecular weight excluding hydrogens is 563 g/mol. The number of piperidine rings is 1. The number of unbranched alkanes of at least 4 members (excludes halogenated alkanes) is 1. The Labute approximate surface area is 247 Å². The van der Waals surface area contributed by atoms with Gasteiger partial charge in [0, 0.05) is 19.6 Å². The summed E-state index contributed by atoms with van der Waals surface area (Å²) in [5, 5.41) is 0. The molecule has 0 spiro atoms. The van der Waals surface area contributed by atoms with Crippen LogP contribution < -0.4 is 0 Å². The van der Waals surface area contributed by atoms with Crippen LogP contribution in [0.3, 0.4) is 0 Å². The first kappa shape index (κ1) is 30.7. The number of halogens is 5. The number of carbonyl (C=O) groups excluding carboxylic acids is 1. The molecule has 0 bridgehead atoms. The van der Waals surface area contributed by atoms with E-state index in [0.717, 1.165) is 68.2 Å². The van der Waals surface area contributed by atoms with Crippen molar-refractivity contribution in [1.82, 2.24) is 19.4 Å². The lowest BCUT2D eigenvalue weighted by atomic mass is 10.0. The molecular formula is C33H35F5N4O. The molecule has 0 radical (unpaired) electrons. The van der Waals surface area contributed by atoms with Gasteiger partial charge in [-0.2, -0.15) is 13.2 Å². The first-order chi connectivity index (χ1) is 20.7. The van der Waals surface area contributed by atoms with E-state index < -0.39 is 34.8 Å². The van der Waals surface area contributed by atoms with Crippen LogP contribution in [0.4, 0.5) is 22.0 Å². The quantitative estimate of drug-likeness (QED) is 0.175. The number of alkyl halides is 3. The van der Waals surface area contributed by atoms with Gasteiger partial charge in [0.05, 0.1) is 28.7 Å². The number of rotatable bonds is 10. The molecule has 1 aliphatic rings. The van der Waals surface area contributed by atoms with Gasteiger partial charge in [0.2, 0.25) is 0 Å². The van der Waals surface area contributed by atoms with E-state index in [9.17, 15) is 26.7 Å². The summed E-state index contributed by atoms with van der Waals surface area (Å²) in [6.45, 7) is 5.21. The molecule has 1 amide bonds. The fourth-order valence-corrected chi connectivity index (χ4v) is 5.66. The zero-order valence-corrected chi connectivity index (χ0v) is 24.1. The Morgan fingerprint density at radius 3 is 2.35 bits per heavy atom. The molecule has 0 aliphatic carbocycles. The third-order valence-electron chi connectivity index (χ3n) is 8.03. The molecule has 0 N–H and O–H groups in total. The van der Waals surface area contributed by atoms with Crippen LogP contribution in [0.2, 0.25) is 0 Å². The zero-order valence-electron chi connectivity index (χ0n) is 24.1. The number of nitrogens with zero attached hydrogens (tertiary/aromatic N) is 4. The number of imidazole rings is 1. The molecule has 0 unspecified atom stereocenters. The molecule has 43 heavy (non-hydrogen) atoms. The molecule has 228 valence electrons. The topological polar surface area (TPSA) is 41.4 Å². The van der Waals surface area contributed by atoms with Crippen LogP contribution in [-0.2, 0) is 25.8 Å². The molecule has 1 aromatic heterocycles. The second-order valence-electron chi connectivity index (χ2n) is 11.1. The summed E-state index contributed by atoms with van der Waals surface area (Å²) in [7, 11) is 0. The van der Waals surface area contributed by atoms with E-state index in [4.69, 9.17) is 0 Å². The number of aromatic nitrogens is 2. The Bertz CT molecular complexity index is 1580. The smallest absolute Gasteiger partial charge is 0.331 e. The monoisotopic (exact) mass is 598 g/mol. The molecule has 1 aliphatic heterocycles. The Kier molecular flexibility index (Phi) is 9.44. The van der Waals surface area contributed by atoms with Gasteiger partial charge in [-0.05, 0) is 73.8 Å². The van der Waals surface area contributed by atoms with Crippen molar-refractivity contribution >= 4 is 16.9 Å². The van der Waals surface area contributed by atoms with Crippen molar-refractivity contribution in [2.24, 2.45) is 0 Å². The lowest BCUT2D eigenvalue weighted by Crippen LogP contribution is -2.33. The number of hydrogen-bond donors (Lipinski definition) is 0. The van der Waals surface area contributed by atoms with Crippen LogP contribution in [0.25, 0.3) is 11.0 Å². The van der Waals surface area contributed by atoms with Crippen molar-refractivity contribution < 1.29 is 26.7 Å². The molecule has 2 heterocycles. The van der Waals surface area contributed by atoms with Gasteiger partial charge in [0.25, 0.3) is 5.91 Å². The highest BCUT2D eigenvalue weighted by Gasteiger charge is 2.31. The summed E-state index contributed by atoms with van der Waals surface area (Å²) in [5.41, 5.74) is 1.54. The average molecular weight is 599 g/mol. The first-order valence-corrected chi connectivity index (χ1v) is 14.7. The molecule has 3 aromatic carbocycles. The molecule has 10 heteroatoms. The molecule has 1 saturated heterocycles. The van der Waals surface area contributed by atoms with E-state index in [1.54, 1.807) is 0 Å². The maximum atomic E-state index is 14.6. The van der Waals surface area contributed by atoms with Crippen molar-refractivity contribution in [3.8, 4) is 0 Å². The standard InChI is InChI=1S/C33H35F5N4O/c1-2-3-18-41(32(43)26-12-9-13-27(34)31(26)35)22-30-39-28-19-25(33(36,37)38)14-15-29(28)42(30)21-24-11-6-5-10-23(24)20-40-16-7-4-8-17-40/h5-6,9-15,19H,2-4,7-8,16-18,20-22H2,1H3. The minimum Gasteiger partial charge on any atom is -0.331 e. The predicted molar refractivity (Wildman–Crippen MR) is 155 cm³/mol. The van der Waals surface area contributed by atoms with Gasteiger partial charge in [-0.15, -0.1) is 0 Å². The van der Waals surface area contributed by atoms with Gasteiger partial charge < -0.3 is 9.47 Å². The van der Waals surface area contributed by atoms with Crippen LogP contribution in [0, 0.1) is 11.6 Å². The Morgan fingerprint density at radius 2 is 1.65 bits per heavy atom. The number of likely N-dealkylation sites (tertiary alicyclic amines) is 1. The second-order valence-corrected chi connectivity index (χ2v) is 11.1. The summed E-state index contributed by atoms with van der Waals surface area (Å²) in [4.78, 5) is 21.9. The van der Waals surface area contributed by atoms with Crippen LogP contribution in [0.15, 0.2) is 60.7 Å². The molecule has 0 saturated carbocycles. The number of benzene rings is 3. The highest BCUT2D eigenvalue weighted by Crippen LogP contribution is 2.32. The number of amides is 1. The molecule has 1 fully saturated rings. The summed E-state index contributed by atoms with van der Waals surface area (Å²) >= 11 is 0. The second kappa shape index (κ2) is 13.2. The highest BCUT2D eigenvalue weighted by atomic mass is 19.4. The molecule has 5 rings (SSSR count). The predicted octanol–water partition coefficient (Wildman–Crippen LogP) is 7.81. The van der Waals surface area contributed by atoms with Crippen molar-refractivity contribution in [2.75, 3.05) is 19.6 Å². The number of fused-ring (bicyclic) bond motifs is 1. The lowest BCUT2D eigenvalue weighted by molar-refractivity contribution is -0.137. The van der Waals surface area contributed by atoms with E-state index in [1.165, 1.54) is 29.5 Å². The fourth-order valence-electron chi connectivity index (χ4n) is 5.66. The summed E-state index contributed by atoms with van der Waals surface area (Å²) < 4.78 is 71.3. The Hall–Kier alpha value is -3.79. The average Bonchev–Trinajstić information content (AvgIpc) is 3.33. The summed E-state index contributed by atoms with van der Waals surface area (Å²) in [6.07, 6.45) is 0.304. The summed E-state index contributed by atoms with van der Waals surface area (Å²) in [6, 6.07) is 14.9. The maximum absolute atomic E-state index is 14.6. The van der Waals surface area contributed by atoms with Gasteiger partial charge in [0.1, 0.15) is 5.82 Å². The Morgan fingerprint density at radius 1 is 0.930 bits per heavy atom. The van der Waals surface area contributed by atoms with Gasteiger partial charge >= 0.3 is 6.18 Å². The SMILES string of the molecule is CCCCN(Cc1nc2cc(C(F)(F)F)ccc2n1Cc1ccccc1CN1CCCCC1)C(=O)c1cccc(F)c1F. The van der Waals surface area contributed by atoms with Crippen LogP contribution in [-0.4, -0.2) is 44.9 Å². The summed E-state index contributed by atoms with van der Waals surface area (Å²) in [5.74, 6) is -2.70. The molecule has 5 nitrogen and oxygen atoms in total. The van der Waals surface area contributed by atoms with Crippen LogP contribution in [0.5, 0.6) is 0 Å². The largest absolute Gasteiger partial charge is 0.416 e. The van der Waals surface area contributed by atoms with Gasteiger partial charge in [-0.1, -0.05) is 50.1 Å². The fraction of sp³-hybridized carbons (Fsp3) is 0.394. The van der Waals surface area contributed by atoms with E-state index >= 15 is 0 Å². The minimum atomic E-state index is -4.54. The third kappa shape index (κ3) is 7.06. The van der Waals surface area contributed by atoms with E-state index in [-0.39, 0.29) is 18.6 Å². The van der Waals surface area contributed by atoms with Crippen molar-refractivity contribution in [1.29, 1.82) is 0 Å². The van der Waals surface area contributed by atoms with E-state index in [2.05, 4.69) is 16.0 Å². The van der Waals surface area contributed by atoms with Crippen LogP contribution in [0.1, 0.15) is 71.9 Å². The van der Waals surface area contributed by atoms with Crippen LogP contribution >= 0.6 is 0 Å². The molecule has 4 aromatic rings. The van der Waals surface area contributed by atoms with Gasteiger partial charge in [-0.25, -0.2) is 13.8 Å².